The van der Waals surface area contributed by atoms with E-state index in [1.807, 2.05) is 23.6 Å². The summed E-state index contributed by atoms with van der Waals surface area (Å²) in [5, 5.41) is 0. The Kier molecular flexibility index (Phi) is 6.71. The Labute approximate surface area is 122 Å². The minimum absolute atomic E-state index is 0.121. The van der Waals surface area contributed by atoms with Crippen molar-refractivity contribution >= 4 is 11.8 Å². The molecule has 1 aliphatic rings. The zero-order valence-electron chi connectivity index (χ0n) is 13.0. The number of hydrogen-bond donors (Lipinski definition) is 0. The summed E-state index contributed by atoms with van der Waals surface area (Å²) in [5.74, 6) is 0.266. The molecule has 0 bridgehead atoms. The van der Waals surface area contributed by atoms with Gasteiger partial charge in [-0.2, -0.15) is 0 Å². The molecule has 5 heteroatoms. The number of likely N-dealkylation sites (N-methyl/N-ethyl adjacent to an activating group) is 1. The van der Waals surface area contributed by atoms with E-state index in [2.05, 4.69) is 11.5 Å². The highest BCUT2D eigenvalue weighted by Crippen LogP contribution is 2.05. The lowest BCUT2D eigenvalue weighted by Gasteiger charge is -2.26. The van der Waals surface area contributed by atoms with E-state index in [0.717, 1.165) is 38.2 Å². The quantitative estimate of drug-likeness (QED) is 0.705. The van der Waals surface area contributed by atoms with Crippen molar-refractivity contribution in [3.05, 3.63) is 12.2 Å². The van der Waals surface area contributed by atoms with Gasteiger partial charge in [0.1, 0.15) is 0 Å². The summed E-state index contributed by atoms with van der Waals surface area (Å²) >= 11 is 0. The summed E-state index contributed by atoms with van der Waals surface area (Å²) in [6, 6.07) is 0. The Morgan fingerprint density at radius 2 is 1.85 bits per heavy atom. The fourth-order valence-corrected chi connectivity index (χ4v) is 2.44. The van der Waals surface area contributed by atoms with E-state index in [0.29, 0.717) is 19.6 Å². The van der Waals surface area contributed by atoms with Gasteiger partial charge < -0.3 is 9.80 Å². The molecule has 0 N–H and O–H groups in total. The van der Waals surface area contributed by atoms with E-state index in [4.69, 9.17) is 0 Å². The molecule has 1 aliphatic heterocycles. The third-order valence-electron chi connectivity index (χ3n) is 3.59. The van der Waals surface area contributed by atoms with Crippen molar-refractivity contribution in [2.24, 2.45) is 0 Å². The van der Waals surface area contributed by atoms with Gasteiger partial charge in [0.25, 0.3) is 0 Å². The molecule has 114 valence electrons. The first-order chi connectivity index (χ1) is 9.43. The van der Waals surface area contributed by atoms with Crippen molar-refractivity contribution < 1.29 is 9.59 Å². The van der Waals surface area contributed by atoms with E-state index in [-0.39, 0.29) is 11.8 Å². The van der Waals surface area contributed by atoms with Crippen molar-refractivity contribution in [3.63, 3.8) is 0 Å². The standard InChI is InChI=1S/C15H27N3O2/c1-5-17(11-13(2)3)15(20)12-16-7-6-8-18(10-9-16)14(4)19/h2,5-12H2,1,3-4H3. The highest BCUT2D eigenvalue weighted by atomic mass is 16.2. The van der Waals surface area contributed by atoms with Gasteiger partial charge in [0.05, 0.1) is 6.54 Å². The van der Waals surface area contributed by atoms with Gasteiger partial charge in [-0.15, -0.1) is 0 Å². The molecular weight excluding hydrogens is 254 g/mol. The van der Waals surface area contributed by atoms with Crippen LogP contribution in [-0.4, -0.2) is 72.3 Å². The van der Waals surface area contributed by atoms with Gasteiger partial charge >= 0.3 is 0 Å². The zero-order valence-corrected chi connectivity index (χ0v) is 13.0. The van der Waals surface area contributed by atoms with Crippen LogP contribution in [0.3, 0.4) is 0 Å². The van der Waals surface area contributed by atoms with Crippen molar-refractivity contribution in [2.75, 3.05) is 45.8 Å². The maximum absolute atomic E-state index is 12.3. The van der Waals surface area contributed by atoms with Crippen LogP contribution in [0.4, 0.5) is 0 Å². The fraction of sp³-hybridized carbons (Fsp3) is 0.733. The van der Waals surface area contributed by atoms with E-state index < -0.39 is 0 Å². The maximum Gasteiger partial charge on any atom is 0.237 e. The summed E-state index contributed by atoms with van der Waals surface area (Å²) in [6.07, 6.45) is 0.930. The average molecular weight is 281 g/mol. The monoisotopic (exact) mass is 281 g/mol. The average Bonchev–Trinajstić information content (AvgIpc) is 2.61. The molecule has 2 amide bonds. The molecule has 5 nitrogen and oxygen atoms in total. The molecule has 1 heterocycles. The van der Waals surface area contributed by atoms with Gasteiger partial charge in [-0.1, -0.05) is 12.2 Å². The minimum atomic E-state index is 0.121. The number of rotatable bonds is 5. The topological polar surface area (TPSA) is 43.9 Å². The first-order valence-corrected chi connectivity index (χ1v) is 7.34. The van der Waals surface area contributed by atoms with E-state index in [1.165, 1.54) is 0 Å². The molecule has 0 aromatic rings. The smallest absolute Gasteiger partial charge is 0.237 e. The normalized spacial score (nSPS) is 16.6. The molecule has 0 aromatic carbocycles. The maximum atomic E-state index is 12.3. The highest BCUT2D eigenvalue weighted by Gasteiger charge is 2.20. The van der Waals surface area contributed by atoms with Crippen LogP contribution in [0, 0.1) is 0 Å². The predicted octanol–water partition coefficient (Wildman–Crippen LogP) is 0.965. The zero-order chi connectivity index (χ0) is 15.1. The van der Waals surface area contributed by atoms with Crippen LogP contribution in [0.2, 0.25) is 0 Å². The van der Waals surface area contributed by atoms with Crippen LogP contribution in [-0.2, 0) is 9.59 Å². The largest absolute Gasteiger partial charge is 0.342 e. The first kappa shape index (κ1) is 16.7. The van der Waals surface area contributed by atoms with Gasteiger partial charge in [0, 0.05) is 46.2 Å². The van der Waals surface area contributed by atoms with Crippen molar-refractivity contribution in [1.29, 1.82) is 0 Å². The van der Waals surface area contributed by atoms with Gasteiger partial charge in [-0.05, 0) is 20.3 Å². The Hall–Kier alpha value is -1.36. The summed E-state index contributed by atoms with van der Waals surface area (Å²) in [6.45, 7) is 14.3. The summed E-state index contributed by atoms with van der Waals surface area (Å²) < 4.78 is 0. The van der Waals surface area contributed by atoms with Crippen LogP contribution < -0.4 is 0 Å². The predicted molar refractivity (Wildman–Crippen MR) is 80.4 cm³/mol. The number of amides is 2. The molecule has 0 atom stereocenters. The second-order valence-corrected chi connectivity index (χ2v) is 5.50. The molecule has 1 rings (SSSR count). The molecule has 1 fully saturated rings. The molecule has 0 unspecified atom stereocenters. The highest BCUT2D eigenvalue weighted by molar-refractivity contribution is 5.78. The molecule has 0 aromatic heterocycles. The first-order valence-electron chi connectivity index (χ1n) is 7.34. The molecule has 0 radical (unpaired) electrons. The third-order valence-corrected chi connectivity index (χ3v) is 3.59. The fourth-order valence-electron chi connectivity index (χ4n) is 2.44. The van der Waals surface area contributed by atoms with E-state index >= 15 is 0 Å². The summed E-state index contributed by atoms with van der Waals surface area (Å²) in [5.41, 5.74) is 0.999. The second-order valence-electron chi connectivity index (χ2n) is 5.50. The number of nitrogens with zero attached hydrogens (tertiary/aromatic N) is 3. The number of carbonyl (C=O) groups excluding carboxylic acids is 2. The van der Waals surface area contributed by atoms with Crippen molar-refractivity contribution in [3.8, 4) is 0 Å². The SMILES string of the molecule is C=C(C)CN(CC)C(=O)CN1CCCN(C(C)=O)CC1. The molecule has 0 spiro atoms. The molecule has 0 saturated carbocycles. The number of hydrogen-bond acceptors (Lipinski definition) is 3. The van der Waals surface area contributed by atoms with E-state index in [9.17, 15) is 9.59 Å². The second kappa shape index (κ2) is 8.04. The Balaban J connectivity index is 2.49. The molecular formula is C15H27N3O2. The Bertz CT molecular complexity index is 368. The summed E-state index contributed by atoms with van der Waals surface area (Å²) in [4.78, 5) is 29.5. The Morgan fingerprint density at radius 1 is 1.15 bits per heavy atom. The lowest BCUT2D eigenvalue weighted by molar-refractivity contribution is -0.131. The molecule has 0 aliphatic carbocycles. The van der Waals surface area contributed by atoms with Crippen molar-refractivity contribution in [2.45, 2.75) is 27.2 Å². The third kappa shape index (κ3) is 5.33. The summed E-state index contributed by atoms with van der Waals surface area (Å²) in [7, 11) is 0. The lowest BCUT2D eigenvalue weighted by atomic mass is 10.3. The molecule has 20 heavy (non-hydrogen) atoms. The van der Waals surface area contributed by atoms with E-state index in [1.54, 1.807) is 6.92 Å². The molecule has 1 saturated heterocycles. The van der Waals surface area contributed by atoms with Crippen LogP contribution in [0.25, 0.3) is 0 Å². The van der Waals surface area contributed by atoms with Crippen molar-refractivity contribution in [1.82, 2.24) is 14.7 Å². The van der Waals surface area contributed by atoms with Gasteiger partial charge in [0.2, 0.25) is 11.8 Å². The Morgan fingerprint density at radius 3 is 2.40 bits per heavy atom. The van der Waals surface area contributed by atoms with Gasteiger partial charge in [-0.25, -0.2) is 0 Å². The van der Waals surface area contributed by atoms with Crippen LogP contribution in [0.1, 0.15) is 27.2 Å². The minimum Gasteiger partial charge on any atom is -0.342 e. The van der Waals surface area contributed by atoms with Crippen LogP contribution >= 0.6 is 0 Å². The lowest BCUT2D eigenvalue weighted by Crippen LogP contribution is -2.42. The van der Waals surface area contributed by atoms with Crippen LogP contribution in [0.5, 0.6) is 0 Å². The van der Waals surface area contributed by atoms with Gasteiger partial charge in [-0.3, -0.25) is 14.5 Å². The number of carbonyl (C=O) groups is 2. The van der Waals surface area contributed by atoms with Gasteiger partial charge in [0.15, 0.2) is 0 Å². The van der Waals surface area contributed by atoms with Crippen LogP contribution in [0.15, 0.2) is 12.2 Å².